The van der Waals surface area contributed by atoms with Crippen LogP contribution in [0.25, 0.3) is 6.08 Å². The van der Waals surface area contributed by atoms with Crippen molar-refractivity contribution in [3.63, 3.8) is 0 Å². The number of carboxylic acids is 1. The lowest BCUT2D eigenvalue weighted by atomic mass is 10.0. The van der Waals surface area contributed by atoms with E-state index >= 15 is 0 Å². The van der Waals surface area contributed by atoms with Crippen LogP contribution in [0.2, 0.25) is 0 Å². The first kappa shape index (κ1) is 10.8. The van der Waals surface area contributed by atoms with Gasteiger partial charge in [-0.2, -0.15) is 0 Å². The number of aliphatic carboxylic acids is 1. The zero-order valence-electron chi connectivity index (χ0n) is 8.97. The van der Waals surface area contributed by atoms with Crippen LogP contribution in [-0.2, 0) is 4.79 Å². The zero-order valence-corrected chi connectivity index (χ0v) is 8.97. The fraction of sp³-hybridized carbons (Fsp3) is 0.417. The summed E-state index contributed by atoms with van der Waals surface area (Å²) in [6, 6.07) is 1.92. The molecule has 4 nitrogen and oxygen atoms in total. The van der Waals surface area contributed by atoms with Gasteiger partial charge in [-0.3, -0.25) is 0 Å². The minimum Gasteiger partial charge on any atom is -0.478 e. The van der Waals surface area contributed by atoms with Crippen molar-refractivity contribution in [2.75, 3.05) is 0 Å². The van der Waals surface area contributed by atoms with Crippen LogP contribution in [0, 0.1) is 0 Å². The predicted molar refractivity (Wildman–Crippen MR) is 59.9 cm³/mol. The van der Waals surface area contributed by atoms with Gasteiger partial charge in [0, 0.05) is 23.9 Å². The molecule has 0 unspecified atom stereocenters. The molecule has 0 bridgehead atoms. The van der Waals surface area contributed by atoms with Crippen LogP contribution in [0.4, 0.5) is 0 Å². The molecule has 0 spiro atoms. The van der Waals surface area contributed by atoms with Crippen molar-refractivity contribution in [1.82, 2.24) is 9.97 Å². The first-order valence-electron chi connectivity index (χ1n) is 5.49. The van der Waals surface area contributed by atoms with Gasteiger partial charge in [-0.1, -0.05) is 12.8 Å². The molecule has 16 heavy (non-hydrogen) atoms. The Balaban J connectivity index is 2.15. The maximum atomic E-state index is 10.4. The number of carboxylic acid groups (broad SMARTS) is 1. The Kier molecular flexibility index (Phi) is 3.29. The number of hydrogen-bond donors (Lipinski definition) is 1. The number of carbonyl (C=O) groups is 1. The van der Waals surface area contributed by atoms with Gasteiger partial charge in [-0.05, 0) is 25.0 Å². The van der Waals surface area contributed by atoms with Crippen molar-refractivity contribution in [1.29, 1.82) is 0 Å². The van der Waals surface area contributed by atoms with E-state index in [9.17, 15) is 4.79 Å². The summed E-state index contributed by atoms with van der Waals surface area (Å²) < 4.78 is 0. The lowest BCUT2D eigenvalue weighted by Crippen LogP contribution is -1.99. The number of nitrogens with zero attached hydrogens (tertiary/aromatic N) is 2. The second-order valence-corrected chi connectivity index (χ2v) is 3.99. The van der Waals surface area contributed by atoms with E-state index in [0.717, 1.165) is 11.8 Å². The van der Waals surface area contributed by atoms with Gasteiger partial charge >= 0.3 is 5.97 Å². The topological polar surface area (TPSA) is 63.1 Å². The van der Waals surface area contributed by atoms with E-state index in [1.807, 2.05) is 6.07 Å². The minimum absolute atomic E-state index is 0.479. The molecule has 0 radical (unpaired) electrons. The Morgan fingerprint density at radius 1 is 1.44 bits per heavy atom. The molecule has 0 amide bonds. The smallest absolute Gasteiger partial charge is 0.328 e. The van der Waals surface area contributed by atoms with E-state index in [4.69, 9.17) is 5.11 Å². The molecular weight excluding hydrogens is 204 g/mol. The summed E-state index contributed by atoms with van der Waals surface area (Å²) in [5, 5.41) is 8.51. The molecule has 1 aliphatic rings. The van der Waals surface area contributed by atoms with E-state index < -0.39 is 5.97 Å². The monoisotopic (exact) mass is 218 g/mol. The molecule has 1 heterocycles. The molecule has 0 saturated heterocycles. The predicted octanol–water partition coefficient (Wildman–Crippen LogP) is 2.23. The van der Waals surface area contributed by atoms with Gasteiger partial charge in [0.1, 0.15) is 0 Å². The van der Waals surface area contributed by atoms with Crippen molar-refractivity contribution in [3.8, 4) is 0 Å². The van der Waals surface area contributed by atoms with E-state index in [2.05, 4.69) is 9.97 Å². The zero-order chi connectivity index (χ0) is 11.4. The van der Waals surface area contributed by atoms with Crippen LogP contribution in [0.3, 0.4) is 0 Å². The van der Waals surface area contributed by atoms with Crippen LogP contribution >= 0.6 is 0 Å². The molecule has 0 aliphatic heterocycles. The molecule has 1 fully saturated rings. The average Bonchev–Trinajstić information content (AvgIpc) is 2.80. The lowest BCUT2D eigenvalue weighted by Gasteiger charge is -2.07. The van der Waals surface area contributed by atoms with Gasteiger partial charge in [0.2, 0.25) is 0 Å². The van der Waals surface area contributed by atoms with Gasteiger partial charge in [0.05, 0.1) is 0 Å². The van der Waals surface area contributed by atoms with Gasteiger partial charge in [0.15, 0.2) is 5.82 Å². The van der Waals surface area contributed by atoms with E-state index in [-0.39, 0.29) is 0 Å². The SMILES string of the molecule is O=C(O)/C=C/c1nccc(C2CCCC2)n1. The van der Waals surface area contributed by atoms with E-state index in [1.54, 1.807) is 6.20 Å². The molecule has 0 atom stereocenters. The molecule has 0 aromatic carbocycles. The highest BCUT2D eigenvalue weighted by Crippen LogP contribution is 2.32. The average molecular weight is 218 g/mol. The van der Waals surface area contributed by atoms with Crippen molar-refractivity contribution < 1.29 is 9.90 Å². The summed E-state index contributed by atoms with van der Waals surface area (Å²) in [5.41, 5.74) is 1.04. The Labute approximate surface area is 94.1 Å². The van der Waals surface area contributed by atoms with E-state index in [0.29, 0.717) is 11.7 Å². The van der Waals surface area contributed by atoms with Crippen LogP contribution in [0.5, 0.6) is 0 Å². The number of hydrogen-bond acceptors (Lipinski definition) is 3. The summed E-state index contributed by atoms with van der Waals surface area (Å²) in [5.74, 6) is 0.0293. The molecule has 4 heteroatoms. The fourth-order valence-corrected chi connectivity index (χ4v) is 2.06. The summed E-state index contributed by atoms with van der Waals surface area (Å²) in [6.07, 6.45) is 9.07. The van der Waals surface area contributed by atoms with Gasteiger partial charge < -0.3 is 5.11 Å². The second-order valence-electron chi connectivity index (χ2n) is 3.99. The minimum atomic E-state index is -0.977. The lowest BCUT2D eigenvalue weighted by molar-refractivity contribution is -0.131. The first-order valence-corrected chi connectivity index (χ1v) is 5.49. The highest BCUT2D eigenvalue weighted by molar-refractivity contribution is 5.84. The molecule has 84 valence electrons. The molecule has 1 N–H and O–H groups in total. The van der Waals surface area contributed by atoms with Crippen LogP contribution < -0.4 is 0 Å². The van der Waals surface area contributed by atoms with E-state index in [1.165, 1.54) is 31.8 Å². The maximum absolute atomic E-state index is 10.4. The molecular formula is C12H14N2O2. The van der Waals surface area contributed by atoms with Gasteiger partial charge in [0.25, 0.3) is 0 Å². The number of aromatic nitrogens is 2. The Morgan fingerprint density at radius 3 is 2.88 bits per heavy atom. The standard InChI is InChI=1S/C12H14N2O2/c15-12(16)6-5-11-13-8-7-10(14-11)9-3-1-2-4-9/h5-9H,1-4H2,(H,15,16)/b6-5+. The largest absolute Gasteiger partial charge is 0.478 e. The Morgan fingerprint density at radius 2 is 2.19 bits per heavy atom. The summed E-state index contributed by atoms with van der Waals surface area (Å²) in [6.45, 7) is 0. The third-order valence-electron chi connectivity index (χ3n) is 2.84. The van der Waals surface area contributed by atoms with Crippen molar-refractivity contribution in [2.45, 2.75) is 31.6 Å². The van der Waals surface area contributed by atoms with Crippen molar-refractivity contribution >= 4 is 12.0 Å². The Hall–Kier alpha value is -1.71. The molecule has 1 aromatic rings. The van der Waals surface area contributed by atoms with Crippen molar-refractivity contribution in [3.05, 3.63) is 29.9 Å². The quantitative estimate of drug-likeness (QED) is 0.790. The highest BCUT2D eigenvalue weighted by Gasteiger charge is 2.18. The summed E-state index contributed by atoms with van der Waals surface area (Å²) >= 11 is 0. The molecule has 1 aromatic heterocycles. The molecule has 1 aliphatic carbocycles. The second kappa shape index (κ2) is 4.88. The van der Waals surface area contributed by atoms with Gasteiger partial charge in [-0.25, -0.2) is 14.8 Å². The fourth-order valence-electron chi connectivity index (χ4n) is 2.06. The Bertz CT molecular complexity index is 409. The molecule has 1 saturated carbocycles. The first-order chi connectivity index (χ1) is 7.75. The van der Waals surface area contributed by atoms with Gasteiger partial charge in [-0.15, -0.1) is 0 Å². The van der Waals surface area contributed by atoms with Crippen LogP contribution in [0.1, 0.15) is 43.1 Å². The van der Waals surface area contributed by atoms with Crippen LogP contribution in [-0.4, -0.2) is 21.0 Å². The highest BCUT2D eigenvalue weighted by atomic mass is 16.4. The third-order valence-corrected chi connectivity index (χ3v) is 2.84. The van der Waals surface area contributed by atoms with Crippen molar-refractivity contribution in [2.24, 2.45) is 0 Å². The summed E-state index contributed by atoms with van der Waals surface area (Å²) in [7, 11) is 0. The molecule has 2 rings (SSSR count). The number of rotatable bonds is 3. The van der Waals surface area contributed by atoms with Crippen LogP contribution in [0.15, 0.2) is 18.3 Å². The third kappa shape index (κ3) is 2.66. The summed E-state index contributed by atoms with van der Waals surface area (Å²) in [4.78, 5) is 18.8. The normalized spacial score (nSPS) is 17.0. The maximum Gasteiger partial charge on any atom is 0.328 e.